The zero-order valence-corrected chi connectivity index (χ0v) is 11.1. The SMILES string of the molecule is CC1=N/C(=C(/c2ccccc2)c2ccc(C)[nH]2)C=C1. The van der Waals surface area contributed by atoms with E-state index in [0.717, 1.165) is 28.4 Å². The summed E-state index contributed by atoms with van der Waals surface area (Å²) in [6, 6.07) is 14.6. The normalized spacial score (nSPS) is 16.6. The van der Waals surface area contributed by atoms with Crippen LogP contribution in [-0.4, -0.2) is 10.7 Å². The van der Waals surface area contributed by atoms with E-state index in [2.05, 4.69) is 59.4 Å². The molecule has 1 aliphatic rings. The molecule has 2 nitrogen and oxygen atoms in total. The zero-order chi connectivity index (χ0) is 13.2. The van der Waals surface area contributed by atoms with Crippen LogP contribution in [0.25, 0.3) is 5.57 Å². The van der Waals surface area contributed by atoms with E-state index in [4.69, 9.17) is 0 Å². The number of rotatable bonds is 2. The van der Waals surface area contributed by atoms with Crippen LogP contribution in [0.15, 0.2) is 65.3 Å². The smallest absolute Gasteiger partial charge is 0.0732 e. The summed E-state index contributed by atoms with van der Waals surface area (Å²) in [4.78, 5) is 8.02. The molecule has 0 saturated carbocycles. The van der Waals surface area contributed by atoms with Crippen LogP contribution in [0.3, 0.4) is 0 Å². The van der Waals surface area contributed by atoms with Crippen molar-refractivity contribution in [1.82, 2.24) is 4.98 Å². The van der Waals surface area contributed by atoms with Crippen LogP contribution < -0.4 is 0 Å². The molecule has 0 amide bonds. The predicted octanol–water partition coefficient (Wildman–Crippen LogP) is 4.11. The third-order valence-electron chi connectivity index (χ3n) is 3.20. The molecule has 1 aromatic heterocycles. The summed E-state index contributed by atoms with van der Waals surface area (Å²) in [6.45, 7) is 4.09. The Kier molecular flexibility index (Phi) is 2.92. The lowest BCUT2D eigenvalue weighted by molar-refractivity contribution is 1.23. The molecule has 3 rings (SSSR count). The lowest BCUT2D eigenvalue weighted by Crippen LogP contribution is -1.92. The number of aryl methyl sites for hydroxylation is 1. The first-order valence-corrected chi connectivity index (χ1v) is 6.43. The highest BCUT2D eigenvalue weighted by molar-refractivity contribution is 5.99. The Morgan fingerprint density at radius 1 is 0.947 bits per heavy atom. The molecule has 2 heteroatoms. The number of aromatic nitrogens is 1. The number of hydrogen-bond acceptors (Lipinski definition) is 1. The van der Waals surface area contributed by atoms with Crippen LogP contribution in [0.5, 0.6) is 0 Å². The molecule has 0 fully saturated rings. The maximum atomic E-state index is 4.62. The number of nitrogens with one attached hydrogen (secondary N) is 1. The van der Waals surface area contributed by atoms with E-state index in [1.807, 2.05) is 19.1 Å². The summed E-state index contributed by atoms with van der Waals surface area (Å²) in [5, 5.41) is 0. The van der Waals surface area contributed by atoms with Gasteiger partial charge in [0.05, 0.1) is 5.70 Å². The Bertz CT molecular complexity index is 685. The van der Waals surface area contributed by atoms with E-state index in [-0.39, 0.29) is 0 Å². The molecule has 0 radical (unpaired) electrons. The second kappa shape index (κ2) is 4.73. The van der Waals surface area contributed by atoms with E-state index >= 15 is 0 Å². The second-order valence-electron chi connectivity index (χ2n) is 4.77. The average Bonchev–Trinajstić information content (AvgIpc) is 3.01. The Morgan fingerprint density at radius 2 is 1.74 bits per heavy atom. The maximum Gasteiger partial charge on any atom is 0.0732 e. The summed E-state index contributed by atoms with van der Waals surface area (Å²) in [5.74, 6) is 0. The number of H-pyrrole nitrogens is 1. The van der Waals surface area contributed by atoms with Crippen molar-refractivity contribution in [2.75, 3.05) is 0 Å². The molecule has 1 N–H and O–H groups in total. The van der Waals surface area contributed by atoms with Crippen molar-refractivity contribution in [3.05, 3.63) is 77.3 Å². The van der Waals surface area contributed by atoms with Crippen LogP contribution in [0.2, 0.25) is 0 Å². The van der Waals surface area contributed by atoms with Crippen LogP contribution >= 0.6 is 0 Å². The minimum absolute atomic E-state index is 1.02. The minimum atomic E-state index is 1.02. The Hall–Kier alpha value is -2.35. The monoisotopic (exact) mass is 248 g/mol. The van der Waals surface area contributed by atoms with Crippen molar-refractivity contribution < 1.29 is 0 Å². The average molecular weight is 248 g/mol. The summed E-state index contributed by atoms with van der Waals surface area (Å²) in [5.41, 5.74) is 6.68. The highest BCUT2D eigenvalue weighted by Gasteiger charge is 2.13. The summed E-state index contributed by atoms with van der Waals surface area (Å²) < 4.78 is 0. The van der Waals surface area contributed by atoms with E-state index < -0.39 is 0 Å². The molecular weight excluding hydrogens is 232 g/mol. The standard InChI is InChI=1S/C17H16N2/c1-12-8-10-15(18-12)17(14-6-4-3-5-7-14)16-11-9-13(2)19-16/h3-11,18H,1-2H3/b17-16-. The van der Waals surface area contributed by atoms with Crippen LogP contribution in [0.4, 0.5) is 0 Å². The van der Waals surface area contributed by atoms with Crippen molar-refractivity contribution in [3.8, 4) is 0 Å². The molecule has 0 unspecified atom stereocenters. The number of nitrogens with zero attached hydrogens (tertiary/aromatic N) is 1. The minimum Gasteiger partial charge on any atom is -0.359 e. The topological polar surface area (TPSA) is 28.1 Å². The summed E-state index contributed by atoms with van der Waals surface area (Å²) >= 11 is 0. The van der Waals surface area contributed by atoms with Gasteiger partial charge < -0.3 is 4.98 Å². The van der Waals surface area contributed by atoms with Gasteiger partial charge in [-0.2, -0.15) is 0 Å². The molecule has 0 spiro atoms. The molecule has 1 aliphatic heterocycles. The van der Waals surface area contributed by atoms with Gasteiger partial charge in [-0.25, -0.2) is 0 Å². The van der Waals surface area contributed by atoms with Gasteiger partial charge in [0, 0.05) is 22.7 Å². The van der Waals surface area contributed by atoms with E-state index in [0.29, 0.717) is 0 Å². The molecule has 0 atom stereocenters. The molecule has 94 valence electrons. The third kappa shape index (κ3) is 2.29. The molecule has 19 heavy (non-hydrogen) atoms. The van der Waals surface area contributed by atoms with Gasteiger partial charge in [0.25, 0.3) is 0 Å². The van der Waals surface area contributed by atoms with Gasteiger partial charge in [0.2, 0.25) is 0 Å². The Morgan fingerprint density at radius 3 is 2.32 bits per heavy atom. The highest BCUT2D eigenvalue weighted by Crippen LogP contribution is 2.29. The van der Waals surface area contributed by atoms with Crippen molar-refractivity contribution >= 4 is 11.3 Å². The van der Waals surface area contributed by atoms with Crippen LogP contribution in [0.1, 0.15) is 23.9 Å². The largest absolute Gasteiger partial charge is 0.359 e. The van der Waals surface area contributed by atoms with Crippen molar-refractivity contribution in [3.63, 3.8) is 0 Å². The van der Waals surface area contributed by atoms with E-state index in [9.17, 15) is 0 Å². The molecule has 0 aliphatic carbocycles. The quantitative estimate of drug-likeness (QED) is 0.828. The van der Waals surface area contributed by atoms with Crippen molar-refractivity contribution in [1.29, 1.82) is 0 Å². The van der Waals surface area contributed by atoms with Gasteiger partial charge in [-0.05, 0) is 43.7 Å². The van der Waals surface area contributed by atoms with Crippen LogP contribution in [0, 0.1) is 6.92 Å². The number of aliphatic imine (C=N–C) groups is 1. The highest BCUT2D eigenvalue weighted by atomic mass is 14.8. The van der Waals surface area contributed by atoms with Gasteiger partial charge >= 0.3 is 0 Å². The van der Waals surface area contributed by atoms with E-state index in [1.165, 1.54) is 5.56 Å². The molecular formula is C17H16N2. The molecule has 0 bridgehead atoms. The first kappa shape index (κ1) is 11.7. The van der Waals surface area contributed by atoms with Crippen molar-refractivity contribution in [2.24, 2.45) is 4.99 Å². The fourth-order valence-corrected chi connectivity index (χ4v) is 2.30. The predicted molar refractivity (Wildman–Crippen MR) is 80.2 cm³/mol. The van der Waals surface area contributed by atoms with E-state index in [1.54, 1.807) is 0 Å². The zero-order valence-electron chi connectivity index (χ0n) is 11.1. The van der Waals surface area contributed by atoms with Crippen molar-refractivity contribution in [2.45, 2.75) is 13.8 Å². The Balaban J connectivity index is 2.21. The number of benzene rings is 1. The lowest BCUT2D eigenvalue weighted by Gasteiger charge is -2.08. The maximum absolute atomic E-state index is 4.62. The molecule has 2 aromatic rings. The summed E-state index contributed by atoms with van der Waals surface area (Å²) in [6.07, 6.45) is 4.13. The Labute approximate surface area is 113 Å². The van der Waals surface area contributed by atoms with Gasteiger partial charge in [-0.3, -0.25) is 4.99 Å². The fraction of sp³-hybridized carbons (Fsp3) is 0.118. The number of hydrogen-bond donors (Lipinski definition) is 1. The molecule has 2 heterocycles. The fourth-order valence-electron chi connectivity index (χ4n) is 2.30. The molecule has 1 aromatic carbocycles. The summed E-state index contributed by atoms with van der Waals surface area (Å²) in [7, 11) is 0. The first-order chi connectivity index (χ1) is 9.24. The van der Waals surface area contributed by atoms with Gasteiger partial charge in [0.1, 0.15) is 0 Å². The van der Waals surface area contributed by atoms with Crippen LogP contribution in [-0.2, 0) is 0 Å². The van der Waals surface area contributed by atoms with Gasteiger partial charge in [0.15, 0.2) is 0 Å². The first-order valence-electron chi connectivity index (χ1n) is 6.43. The second-order valence-corrected chi connectivity index (χ2v) is 4.77. The van der Waals surface area contributed by atoms with Gasteiger partial charge in [-0.1, -0.05) is 30.3 Å². The number of aromatic amines is 1. The number of allylic oxidation sites excluding steroid dienone is 2. The third-order valence-corrected chi connectivity index (χ3v) is 3.20. The van der Waals surface area contributed by atoms with Gasteiger partial charge in [-0.15, -0.1) is 0 Å². The molecule has 0 saturated heterocycles. The lowest BCUT2D eigenvalue weighted by atomic mass is 10.0.